The molecule has 0 atom stereocenters. The maximum atomic E-state index is 13.0. The molecule has 0 bridgehead atoms. The first kappa shape index (κ1) is 19.6. The molecule has 29 heavy (non-hydrogen) atoms. The Balaban J connectivity index is 1.40. The van der Waals surface area contributed by atoms with Crippen LogP contribution in [-0.2, 0) is 17.5 Å². The van der Waals surface area contributed by atoms with Crippen LogP contribution in [0, 0.1) is 0 Å². The molecular formula is C17H12ClF3N4O3S. The molecule has 2 aromatic heterocycles. The smallest absolute Gasteiger partial charge is 0.417 e. The maximum Gasteiger partial charge on any atom is 0.417 e. The quantitative estimate of drug-likeness (QED) is 0.606. The van der Waals surface area contributed by atoms with Crippen molar-refractivity contribution in [3.63, 3.8) is 0 Å². The highest BCUT2D eigenvalue weighted by atomic mass is 35.5. The van der Waals surface area contributed by atoms with Gasteiger partial charge in [0.05, 0.1) is 16.3 Å². The Hall–Kier alpha value is -2.66. The van der Waals surface area contributed by atoms with E-state index in [1.807, 2.05) is 0 Å². The summed E-state index contributed by atoms with van der Waals surface area (Å²) in [6.07, 6.45) is -3.71. The molecule has 1 aliphatic rings. The number of ether oxygens (including phenoxy) is 2. The van der Waals surface area contributed by atoms with E-state index in [0.717, 1.165) is 34.0 Å². The Morgan fingerprint density at radius 3 is 2.83 bits per heavy atom. The number of aromatic nitrogens is 3. The molecule has 4 rings (SSSR count). The number of benzene rings is 1. The fraction of sp³-hybridized carbons (Fsp3) is 0.235. The predicted molar refractivity (Wildman–Crippen MR) is 98.1 cm³/mol. The second kappa shape index (κ2) is 7.64. The van der Waals surface area contributed by atoms with Gasteiger partial charge in [-0.15, -0.1) is 10.2 Å². The minimum absolute atomic E-state index is 0.0563. The first-order valence-electron chi connectivity index (χ1n) is 8.21. The zero-order valence-electron chi connectivity index (χ0n) is 14.5. The van der Waals surface area contributed by atoms with Gasteiger partial charge in [0.2, 0.25) is 12.7 Å². The maximum absolute atomic E-state index is 13.0. The van der Waals surface area contributed by atoms with Gasteiger partial charge in [0, 0.05) is 12.7 Å². The monoisotopic (exact) mass is 444 g/mol. The van der Waals surface area contributed by atoms with Crippen molar-refractivity contribution in [3.8, 4) is 11.5 Å². The zero-order valence-corrected chi connectivity index (χ0v) is 16.1. The summed E-state index contributed by atoms with van der Waals surface area (Å²) in [6, 6.07) is 6.11. The summed E-state index contributed by atoms with van der Waals surface area (Å²) in [7, 11) is 0. The number of halogens is 4. The molecule has 1 aromatic carbocycles. The van der Waals surface area contributed by atoms with Crippen molar-refractivity contribution in [2.24, 2.45) is 0 Å². The van der Waals surface area contributed by atoms with Gasteiger partial charge >= 0.3 is 6.18 Å². The average Bonchev–Trinajstić information content (AvgIpc) is 3.30. The Morgan fingerprint density at radius 2 is 2.03 bits per heavy atom. The standard InChI is InChI=1S/C17H12ClF3N4O3S/c18-11-4-10(17(19,20)21)6-25-15(11)23-24-16(25)29-7-14(26)22-5-9-1-2-12-13(3-9)28-8-27-12/h1-4,6H,5,7-8H2,(H,22,26). The van der Waals surface area contributed by atoms with E-state index in [9.17, 15) is 18.0 Å². The average molecular weight is 445 g/mol. The zero-order chi connectivity index (χ0) is 20.6. The first-order chi connectivity index (χ1) is 13.8. The van der Waals surface area contributed by atoms with Crippen molar-refractivity contribution in [3.05, 3.63) is 46.6 Å². The lowest BCUT2D eigenvalue weighted by Gasteiger charge is -2.09. The van der Waals surface area contributed by atoms with Gasteiger partial charge in [0.1, 0.15) is 0 Å². The molecule has 0 saturated carbocycles. The van der Waals surface area contributed by atoms with Crippen LogP contribution in [0.5, 0.6) is 11.5 Å². The Bertz CT molecular complexity index is 1090. The second-order valence-electron chi connectivity index (χ2n) is 6.00. The van der Waals surface area contributed by atoms with Crippen molar-refractivity contribution in [2.75, 3.05) is 12.5 Å². The van der Waals surface area contributed by atoms with Crippen LogP contribution in [-0.4, -0.2) is 33.1 Å². The summed E-state index contributed by atoms with van der Waals surface area (Å²) in [5, 5.41) is 10.3. The molecule has 7 nitrogen and oxygen atoms in total. The van der Waals surface area contributed by atoms with Crippen LogP contribution < -0.4 is 14.8 Å². The molecule has 0 spiro atoms. The number of carbonyl (C=O) groups is 1. The van der Waals surface area contributed by atoms with E-state index in [4.69, 9.17) is 21.1 Å². The van der Waals surface area contributed by atoms with Gasteiger partial charge in [0.25, 0.3) is 0 Å². The van der Waals surface area contributed by atoms with E-state index in [1.54, 1.807) is 18.2 Å². The fourth-order valence-corrected chi connectivity index (χ4v) is 3.61. The summed E-state index contributed by atoms with van der Waals surface area (Å²) < 4.78 is 50.6. The minimum atomic E-state index is -4.56. The molecule has 12 heteroatoms. The van der Waals surface area contributed by atoms with Crippen LogP contribution in [0.4, 0.5) is 13.2 Å². The van der Waals surface area contributed by atoms with E-state index >= 15 is 0 Å². The number of hydrogen-bond donors (Lipinski definition) is 1. The van der Waals surface area contributed by atoms with Crippen molar-refractivity contribution < 1.29 is 27.4 Å². The fourth-order valence-electron chi connectivity index (χ4n) is 2.62. The van der Waals surface area contributed by atoms with Crippen LogP contribution in [0.3, 0.4) is 0 Å². The van der Waals surface area contributed by atoms with Gasteiger partial charge in [-0.25, -0.2) is 0 Å². The van der Waals surface area contributed by atoms with Crippen LogP contribution in [0.25, 0.3) is 5.65 Å². The molecule has 0 unspecified atom stereocenters. The van der Waals surface area contributed by atoms with Crippen molar-refractivity contribution in [1.29, 1.82) is 0 Å². The van der Waals surface area contributed by atoms with Crippen LogP contribution in [0.2, 0.25) is 5.02 Å². The Kier molecular flexibility index (Phi) is 5.17. The van der Waals surface area contributed by atoms with Gasteiger partial charge in [-0.2, -0.15) is 13.2 Å². The molecule has 1 N–H and O–H groups in total. The molecular weight excluding hydrogens is 433 g/mol. The molecule has 0 fully saturated rings. The van der Waals surface area contributed by atoms with E-state index in [-0.39, 0.29) is 40.8 Å². The number of nitrogens with one attached hydrogen (secondary N) is 1. The lowest BCUT2D eigenvalue weighted by molar-refractivity contribution is -0.137. The Morgan fingerprint density at radius 1 is 1.24 bits per heavy atom. The van der Waals surface area contributed by atoms with Gasteiger partial charge in [-0.05, 0) is 23.8 Å². The number of pyridine rings is 1. The SMILES string of the molecule is O=C(CSc1nnc2c(Cl)cc(C(F)(F)F)cn12)NCc1ccc2c(c1)OCO2. The highest BCUT2D eigenvalue weighted by molar-refractivity contribution is 7.99. The molecule has 0 radical (unpaired) electrons. The Labute approximate surface area is 171 Å². The molecule has 0 saturated heterocycles. The third-order valence-electron chi connectivity index (χ3n) is 4.01. The molecule has 0 aliphatic carbocycles. The van der Waals surface area contributed by atoms with Crippen molar-refractivity contribution in [2.45, 2.75) is 17.9 Å². The number of rotatable bonds is 5. The number of amides is 1. The number of carbonyl (C=O) groups excluding carboxylic acids is 1. The lowest BCUT2D eigenvalue weighted by Crippen LogP contribution is -2.24. The summed E-state index contributed by atoms with van der Waals surface area (Å²) >= 11 is 6.83. The summed E-state index contributed by atoms with van der Waals surface area (Å²) in [4.78, 5) is 12.1. The van der Waals surface area contributed by atoms with E-state index < -0.39 is 11.7 Å². The summed E-state index contributed by atoms with van der Waals surface area (Å²) in [5.74, 6) is 0.881. The van der Waals surface area contributed by atoms with E-state index in [1.165, 1.54) is 0 Å². The molecule has 152 valence electrons. The third kappa shape index (κ3) is 4.20. The number of thioether (sulfide) groups is 1. The molecule has 1 amide bonds. The topological polar surface area (TPSA) is 77.8 Å². The lowest BCUT2D eigenvalue weighted by atomic mass is 10.2. The van der Waals surface area contributed by atoms with E-state index in [0.29, 0.717) is 11.5 Å². The highest BCUT2D eigenvalue weighted by Gasteiger charge is 2.32. The number of hydrogen-bond acceptors (Lipinski definition) is 6. The predicted octanol–water partition coefficient (Wildman–Crippen LogP) is 3.54. The number of nitrogens with zero attached hydrogens (tertiary/aromatic N) is 3. The molecule has 1 aliphatic heterocycles. The second-order valence-corrected chi connectivity index (χ2v) is 7.35. The van der Waals surface area contributed by atoms with Gasteiger partial charge in [0.15, 0.2) is 22.3 Å². The van der Waals surface area contributed by atoms with Gasteiger partial charge < -0.3 is 14.8 Å². The normalized spacial score (nSPS) is 13.1. The van der Waals surface area contributed by atoms with Crippen LogP contribution in [0.15, 0.2) is 35.6 Å². The molecule has 3 aromatic rings. The largest absolute Gasteiger partial charge is 0.454 e. The van der Waals surface area contributed by atoms with Crippen LogP contribution in [0.1, 0.15) is 11.1 Å². The minimum Gasteiger partial charge on any atom is -0.454 e. The highest BCUT2D eigenvalue weighted by Crippen LogP contribution is 2.34. The number of fused-ring (bicyclic) bond motifs is 2. The summed E-state index contributed by atoms with van der Waals surface area (Å²) in [5.41, 5.74) is -0.0195. The molecule has 3 heterocycles. The third-order valence-corrected chi connectivity index (χ3v) is 5.24. The van der Waals surface area contributed by atoms with Crippen molar-refractivity contribution >= 4 is 34.9 Å². The summed E-state index contributed by atoms with van der Waals surface area (Å²) in [6.45, 7) is 0.425. The van der Waals surface area contributed by atoms with Gasteiger partial charge in [-0.1, -0.05) is 29.4 Å². The number of alkyl halides is 3. The van der Waals surface area contributed by atoms with Crippen LogP contribution >= 0.6 is 23.4 Å². The van der Waals surface area contributed by atoms with Gasteiger partial charge in [-0.3, -0.25) is 9.20 Å². The van der Waals surface area contributed by atoms with E-state index in [2.05, 4.69) is 15.5 Å². The first-order valence-corrected chi connectivity index (χ1v) is 9.57. The van der Waals surface area contributed by atoms with Crippen molar-refractivity contribution in [1.82, 2.24) is 19.9 Å².